The molecule has 1 N–H and O–H groups in total. The van der Waals surface area contributed by atoms with E-state index in [1.165, 1.54) is 32.1 Å². The number of hydrogen-bond donors (Lipinski definition) is 1. The number of benzene rings is 1. The third-order valence-corrected chi connectivity index (χ3v) is 5.76. The Morgan fingerprint density at radius 2 is 1.97 bits per heavy atom. The summed E-state index contributed by atoms with van der Waals surface area (Å²) < 4.78 is 21.8. The summed E-state index contributed by atoms with van der Waals surface area (Å²) in [4.78, 5) is 4.49. The van der Waals surface area contributed by atoms with Gasteiger partial charge in [-0.2, -0.15) is 0 Å². The lowest BCUT2D eigenvalue weighted by atomic mass is 10.1. The highest BCUT2D eigenvalue weighted by molar-refractivity contribution is 5.65. The molecule has 2 bridgehead atoms. The molecule has 29 heavy (non-hydrogen) atoms. The Morgan fingerprint density at radius 1 is 1.17 bits per heavy atom. The van der Waals surface area contributed by atoms with Gasteiger partial charge in [-0.3, -0.25) is 0 Å². The van der Waals surface area contributed by atoms with Crippen molar-refractivity contribution in [2.45, 2.75) is 64.5 Å². The Labute approximate surface area is 172 Å². The molecule has 0 radical (unpaired) electrons. The number of rotatable bonds is 4. The van der Waals surface area contributed by atoms with Crippen LogP contribution in [-0.2, 0) is 0 Å². The SMILES string of the molecule is C1CC2CCC(C1)N2.CCCOc1cccc(-c2cn3ccc(C)cc3n2)c1F. The van der Waals surface area contributed by atoms with Gasteiger partial charge >= 0.3 is 0 Å². The topological polar surface area (TPSA) is 38.6 Å². The van der Waals surface area contributed by atoms with Gasteiger partial charge in [0.25, 0.3) is 0 Å². The highest BCUT2D eigenvalue weighted by Crippen LogP contribution is 2.29. The molecule has 3 aromatic rings. The van der Waals surface area contributed by atoms with E-state index in [-0.39, 0.29) is 11.6 Å². The summed E-state index contributed by atoms with van der Waals surface area (Å²) in [5, 5.41) is 3.59. The van der Waals surface area contributed by atoms with Crippen LogP contribution in [0.15, 0.2) is 42.7 Å². The molecule has 154 valence electrons. The molecule has 2 atom stereocenters. The zero-order valence-electron chi connectivity index (χ0n) is 17.3. The Balaban J connectivity index is 0.000000211. The fourth-order valence-corrected chi connectivity index (χ4v) is 4.21. The number of aryl methyl sites for hydroxylation is 1. The molecule has 2 aliphatic heterocycles. The quantitative estimate of drug-likeness (QED) is 0.631. The van der Waals surface area contributed by atoms with E-state index >= 15 is 0 Å². The van der Waals surface area contributed by atoms with E-state index in [1.807, 2.05) is 42.8 Å². The number of imidazole rings is 1. The molecule has 2 unspecified atom stereocenters. The molecular weight excluding hydrogens is 365 g/mol. The average molecular weight is 396 g/mol. The van der Waals surface area contributed by atoms with E-state index < -0.39 is 0 Å². The van der Waals surface area contributed by atoms with Crippen LogP contribution in [0.1, 0.15) is 51.0 Å². The van der Waals surface area contributed by atoms with Crippen molar-refractivity contribution in [2.75, 3.05) is 6.61 Å². The number of nitrogens with zero attached hydrogens (tertiary/aromatic N) is 2. The first-order valence-corrected chi connectivity index (χ1v) is 10.8. The predicted octanol–water partition coefficient (Wildman–Crippen LogP) is 5.53. The summed E-state index contributed by atoms with van der Waals surface area (Å²) >= 11 is 0. The van der Waals surface area contributed by atoms with Gasteiger partial charge in [0.1, 0.15) is 5.65 Å². The number of fused-ring (bicyclic) bond motifs is 3. The maximum atomic E-state index is 14.5. The van der Waals surface area contributed by atoms with E-state index in [0.29, 0.717) is 17.9 Å². The minimum Gasteiger partial charge on any atom is -0.491 e. The Hall–Kier alpha value is -2.40. The highest BCUT2D eigenvalue weighted by Gasteiger charge is 2.26. The van der Waals surface area contributed by atoms with Crippen molar-refractivity contribution in [3.8, 4) is 17.0 Å². The number of pyridine rings is 1. The summed E-state index contributed by atoms with van der Waals surface area (Å²) in [7, 11) is 0. The van der Waals surface area contributed by atoms with Crippen LogP contribution >= 0.6 is 0 Å². The summed E-state index contributed by atoms with van der Waals surface area (Å²) in [6, 6.07) is 11.0. The van der Waals surface area contributed by atoms with Crippen LogP contribution in [0.25, 0.3) is 16.9 Å². The van der Waals surface area contributed by atoms with Gasteiger partial charge < -0.3 is 14.5 Å². The normalized spacial score (nSPS) is 20.4. The lowest BCUT2D eigenvalue weighted by molar-refractivity contribution is 0.302. The van der Waals surface area contributed by atoms with Gasteiger partial charge in [-0.25, -0.2) is 9.37 Å². The van der Waals surface area contributed by atoms with Crippen molar-refractivity contribution in [1.29, 1.82) is 0 Å². The highest BCUT2D eigenvalue weighted by atomic mass is 19.1. The van der Waals surface area contributed by atoms with E-state index in [1.54, 1.807) is 18.2 Å². The summed E-state index contributed by atoms with van der Waals surface area (Å²) in [6.07, 6.45) is 11.9. The maximum Gasteiger partial charge on any atom is 0.174 e. The largest absolute Gasteiger partial charge is 0.491 e. The standard InChI is InChI=1S/C17H17FN2O.C7H13N/c1-3-9-21-15-6-4-5-13(17(15)18)14-11-20-8-7-12(2)10-16(20)19-14;1-2-6-4-5-7(3-1)8-6/h4-8,10-11H,3,9H2,1-2H3;6-8H,1-5H2. The number of nitrogens with one attached hydrogen (secondary N) is 1. The van der Waals surface area contributed by atoms with Gasteiger partial charge in [0.05, 0.1) is 12.3 Å². The molecule has 0 aliphatic carbocycles. The van der Waals surface area contributed by atoms with Crippen LogP contribution in [-0.4, -0.2) is 28.1 Å². The third kappa shape index (κ3) is 4.61. The Kier molecular flexibility index (Phi) is 6.14. The van der Waals surface area contributed by atoms with Crippen LogP contribution in [0.5, 0.6) is 5.75 Å². The number of piperidine rings is 1. The molecule has 4 heterocycles. The lowest BCUT2D eigenvalue weighted by Gasteiger charge is -2.19. The first-order chi connectivity index (χ1) is 14.1. The fraction of sp³-hybridized carbons (Fsp3) is 0.458. The van der Waals surface area contributed by atoms with E-state index in [0.717, 1.165) is 29.7 Å². The summed E-state index contributed by atoms with van der Waals surface area (Å²) in [5.41, 5.74) is 3.01. The van der Waals surface area contributed by atoms with Crippen molar-refractivity contribution in [3.63, 3.8) is 0 Å². The molecule has 2 fully saturated rings. The Morgan fingerprint density at radius 3 is 2.69 bits per heavy atom. The molecule has 0 saturated carbocycles. The van der Waals surface area contributed by atoms with Gasteiger partial charge in [-0.05, 0) is 68.9 Å². The molecule has 2 aliphatic rings. The monoisotopic (exact) mass is 395 g/mol. The number of ether oxygens (including phenoxy) is 1. The molecule has 0 amide bonds. The minimum atomic E-state index is -0.355. The molecule has 5 rings (SSSR count). The van der Waals surface area contributed by atoms with Crippen LogP contribution in [0, 0.1) is 12.7 Å². The number of hydrogen-bond acceptors (Lipinski definition) is 3. The van der Waals surface area contributed by atoms with Gasteiger partial charge in [-0.15, -0.1) is 0 Å². The zero-order valence-corrected chi connectivity index (χ0v) is 17.3. The Bertz CT molecular complexity index is 954. The first kappa shape index (κ1) is 19.9. The van der Waals surface area contributed by atoms with Crippen LogP contribution in [0.4, 0.5) is 4.39 Å². The van der Waals surface area contributed by atoms with Gasteiger partial charge in [0.15, 0.2) is 11.6 Å². The molecule has 2 saturated heterocycles. The molecule has 2 aromatic heterocycles. The van der Waals surface area contributed by atoms with Crippen molar-refractivity contribution in [1.82, 2.24) is 14.7 Å². The van der Waals surface area contributed by atoms with Crippen LogP contribution < -0.4 is 10.1 Å². The lowest BCUT2D eigenvalue weighted by Crippen LogP contribution is -2.33. The summed E-state index contributed by atoms with van der Waals surface area (Å²) in [6.45, 7) is 4.51. The second-order valence-electron chi connectivity index (χ2n) is 8.13. The van der Waals surface area contributed by atoms with Gasteiger partial charge in [0.2, 0.25) is 0 Å². The number of aromatic nitrogens is 2. The minimum absolute atomic E-state index is 0.280. The average Bonchev–Trinajstić information content (AvgIpc) is 3.29. The summed E-state index contributed by atoms with van der Waals surface area (Å²) in [5.74, 6) is -0.0753. The molecule has 1 aromatic carbocycles. The van der Waals surface area contributed by atoms with E-state index in [4.69, 9.17) is 4.74 Å². The van der Waals surface area contributed by atoms with E-state index in [9.17, 15) is 4.39 Å². The van der Waals surface area contributed by atoms with Crippen LogP contribution in [0.3, 0.4) is 0 Å². The molecular formula is C24H30FN3O. The second kappa shape index (κ2) is 8.95. The van der Waals surface area contributed by atoms with E-state index in [2.05, 4.69) is 10.3 Å². The van der Waals surface area contributed by atoms with Crippen molar-refractivity contribution in [3.05, 3.63) is 54.1 Å². The first-order valence-electron chi connectivity index (χ1n) is 10.8. The second-order valence-corrected chi connectivity index (χ2v) is 8.13. The molecule has 4 nitrogen and oxygen atoms in total. The zero-order chi connectivity index (χ0) is 20.2. The van der Waals surface area contributed by atoms with Gasteiger partial charge in [-0.1, -0.05) is 19.4 Å². The predicted molar refractivity (Wildman–Crippen MR) is 115 cm³/mol. The van der Waals surface area contributed by atoms with Gasteiger partial charge in [0, 0.05) is 30.0 Å². The van der Waals surface area contributed by atoms with Crippen molar-refractivity contribution in [2.24, 2.45) is 0 Å². The van der Waals surface area contributed by atoms with Crippen LogP contribution in [0.2, 0.25) is 0 Å². The van der Waals surface area contributed by atoms with Crippen molar-refractivity contribution < 1.29 is 9.13 Å². The number of halogens is 1. The maximum absolute atomic E-state index is 14.5. The molecule has 0 spiro atoms. The third-order valence-electron chi connectivity index (χ3n) is 5.76. The smallest absolute Gasteiger partial charge is 0.174 e. The van der Waals surface area contributed by atoms with Crippen molar-refractivity contribution >= 4 is 5.65 Å². The fourth-order valence-electron chi connectivity index (χ4n) is 4.21. The molecule has 5 heteroatoms.